The van der Waals surface area contributed by atoms with Gasteiger partial charge in [0, 0.05) is 5.56 Å². The second-order valence-electron chi connectivity index (χ2n) is 3.05. The van der Waals surface area contributed by atoms with Crippen LogP contribution in [0.4, 0.5) is 4.39 Å². The fourth-order valence-electron chi connectivity index (χ4n) is 1.09. The van der Waals surface area contributed by atoms with Crippen LogP contribution in [0.15, 0.2) is 18.2 Å². The van der Waals surface area contributed by atoms with Crippen molar-refractivity contribution < 1.29 is 23.8 Å². The predicted molar refractivity (Wildman–Crippen MR) is 56.9 cm³/mol. The van der Waals surface area contributed by atoms with Crippen molar-refractivity contribution in [1.82, 2.24) is 0 Å². The molecule has 1 aromatic rings. The van der Waals surface area contributed by atoms with E-state index in [0.717, 1.165) is 18.2 Å². The smallest absolute Gasteiger partial charge is 0.336 e. The van der Waals surface area contributed by atoms with Crippen molar-refractivity contribution in [3.8, 4) is 11.8 Å². The predicted octanol–water partition coefficient (Wildman–Crippen LogP) is 1.44. The first-order valence-electron chi connectivity index (χ1n) is 4.63. The maximum Gasteiger partial charge on any atom is 0.336 e. The van der Waals surface area contributed by atoms with Gasteiger partial charge in [0.1, 0.15) is 12.2 Å². The Kier molecular flexibility index (Phi) is 4.23. The molecule has 0 unspecified atom stereocenters. The molecule has 0 aliphatic heterocycles. The third-order valence-electron chi connectivity index (χ3n) is 1.90. The molecule has 88 valence electrons. The second-order valence-corrected chi connectivity index (χ2v) is 3.05. The maximum absolute atomic E-state index is 12.9. The summed E-state index contributed by atoms with van der Waals surface area (Å²) in [5.41, 5.74) is -0.0785. The maximum atomic E-state index is 12.9. The Hall–Kier alpha value is -2.35. The minimum Gasteiger partial charge on any atom is -0.478 e. The average Bonchev–Trinajstić information content (AvgIpc) is 2.28. The average molecular weight is 236 g/mol. The molecular weight excluding hydrogens is 227 g/mol. The van der Waals surface area contributed by atoms with Gasteiger partial charge < -0.3 is 9.84 Å². The number of benzene rings is 1. The van der Waals surface area contributed by atoms with Crippen LogP contribution in [0.5, 0.6) is 0 Å². The molecule has 0 radical (unpaired) electrons. The summed E-state index contributed by atoms with van der Waals surface area (Å²) < 4.78 is 17.3. The molecule has 0 spiro atoms. The van der Waals surface area contributed by atoms with Crippen molar-refractivity contribution >= 4 is 11.9 Å². The molecule has 1 aromatic carbocycles. The molecule has 0 atom stereocenters. The van der Waals surface area contributed by atoms with E-state index in [1.54, 1.807) is 0 Å². The van der Waals surface area contributed by atoms with Crippen LogP contribution in [0.25, 0.3) is 0 Å². The molecule has 0 amide bonds. The highest BCUT2D eigenvalue weighted by molar-refractivity contribution is 5.90. The molecule has 5 heteroatoms. The number of hydrogen-bond donors (Lipinski definition) is 1. The Morgan fingerprint density at radius 3 is 2.76 bits per heavy atom. The first kappa shape index (κ1) is 12.7. The van der Waals surface area contributed by atoms with Gasteiger partial charge >= 0.3 is 11.9 Å². The zero-order valence-electron chi connectivity index (χ0n) is 8.99. The van der Waals surface area contributed by atoms with Gasteiger partial charge in [0.25, 0.3) is 0 Å². The Balaban J connectivity index is 3.00. The highest BCUT2D eigenvalue weighted by Gasteiger charge is 2.08. The first-order valence-corrected chi connectivity index (χ1v) is 4.63. The second kappa shape index (κ2) is 5.66. The van der Waals surface area contributed by atoms with Crippen LogP contribution in [-0.2, 0) is 9.53 Å². The number of ether oxygens (including phenoxy) is 1. The van der Waals surface area contributed by atoms with Crippen molar-refractivity contribution in [2.45, 2.75) is 6.42 Å². The molecule has 0 heterocycles. The van der Waals surface area contributed by atoms with E-state index in [4.69, 9.17) is 5.11 Å². The summed E-state index contributed by atoms with van der Waals surface area (Å²) in [5.74, 6) is 2.53. The summed E-state index contributed by atoms with van der Waals surface area (Å²) in [7, 11) is 1.22. The summed E-state index contributed by atoms with van der Waals surface area (Å²) in [6, 6.07) is 3.17. The number of esters is 1. The van der Waals surface area contributed by atoms with Gasteiger partial charge in [0.15, 0.2) is 0 Å². The van der Waals surface area contributed by atoms with E-state index in [0.29, 0.717) is 0 Å². The first-order chi connectivity index (χ1) is 8.04. The third kappa shape index (κ3) is 3.61. The summed E-state index contributed by atoms with van der Waals surface area (Å²) in [6.07, 6.45) is -0.175. The van der Waals surface area contributed by atoms with E-state index in [1.165, 1.54) is 7.11 Å². The number of rotatable bonds is 2. The molecule has 0 aliphatic rings. The van der Waals surface area contributed by atoms with Gasteiger partial charge in [-0.2, -0.15) is 0 Å². The van der Waals surface area contributed by atoms with E-state index >= 15 is 0 Å². The molecule has 17 heavy (non-hydrogen) atoms. The number of carboxylic acids is 1. The lowest BCUT2D eigenvalue weighted by molar-refractivity contribution is -0.139. The molecule has 0 saturated heterocycles. The summed E-state index contributed by atoms with van der Waals surface area (Å²) in [4.78, 5) is 21.6. The number of carboxylic acid groups (broad SMARTS) is 1. The Morgan fingerprint density at radius 1 is 1.47 bits per heavy atom. The highest BCUT2D eigenvalue weighted by Crippen LogP contribution is 2.10. The number of methoxy groups -OCH3 is 1. The van der Waals surface area contributed by atoms with Crippen LogP contribution < -0.4 is 0 Å². The number of hydrogen-bond acceptors (Lipinski definition) is 3. The highest BCUT2D eigenvalue weighted by atomic mass is 19.1. The van der Waals surface area contributed by atoms with Crippen LogP contribution in [0.2, 0.25) is 0 Å². The molecule has 1 N–H and O–H groups in total. The molecule has 0 saturated carbocycles. The van der Waals surface area contributed by atoms with E-state index in [2.05, 4.69) is 16.6 Å². The molecule has 4 nitrogen and oxygen atoms in total. The van der Waals surface area contributed by atoms with Crippen LogP contribution in [0, 0.1) is 17.7 Å². The summed E-state index contributed by atoms with van der Waals surface area (Å²) >= 11 is 0. The summed E-state index contributed by atoms with van der Waals surface area (Å²) in [6.45, 7) is 0. The topological polar surface area (TPSA) is 63.6 Å². The van der Waals surface area contributed by atoms with Gasteiger partial charge in [-0.25, -0.2) is 9.18 Å². The number of carbonyl (C=O) groups is 2. The molecular formula is C12H9FO4. The number of aromatic carboxylic acids is 1. The largest absolute Gasteiger partial charge is 0.478 e. The number of carbonyl (C=O) groups excluding carboxylic acids is 1. The van der Waals surface area contributed by atoms with Gasteiger partial charge in [-0.15, -0.1) is 0 Å². The lowest BCUT2D eigenvalue weighted by Gasteiger charge is -1.98. The van der Waals surface area contributed by atoms with Crippen molar-refractivity contribution in [1.29, 1.82) is 0 Å². The van der Waals surface area contributed by atoms with E-state index in [1.807, 2.05) is 0 Å². The van der Waals surface area contributed by atoms with E-state index in [9.17, 15) is 14.0 Å². The minimum atomic E-state index is -1.20. The van der Waals surface area contributed by atoms with E-state index < -0.39 is 17.8 Å². The van der Waals surface area contributed by atoms with Crippen molar-refractivity contribution in [3.63, 3.8) is 0 Å². The normalized spacial score (nSPS) is 9.06. The summed E-state index contributed by atoms with van der Waals surface area (Å²) in [5, 5.41) is 8.83. The zero-order valence-corrected chi connectivity index (χ0v) is 8.99. The van der Waals surface area contributed by atoms with Gasteiger partial charge in [-0.05, 0) is 18.2 Å². The van der Waals surface area contributed by atoms with Crippen LogP contribution >= 0.6 is 0 Å². The zero-order chi connectivity index (χ0) is 12.8. The Labute approximate surface area is 97.0 Å². The molecule has 0 fully saturated rings. The minimum absolute atomic E-state index is 0.0291. The van der Waals surface area contributed by atoms with Gasteiger partial charge in [0.05, 0.1) is 12.7 Å². The Morgan fingerprint density at radius 2 is 2.18 bits per heavy atom. The molecule has 0 aromatic heterocycles. The molecule has 0 aliphatic carbocycles. The van der Waals surface area contributed by atoms with Crippen molar-refractivity contribution in [3.05, 3.63) is 35.1 Å². The Bertz CT molecular complexity index is 511. The quantitative estimate of drug-likeness (QED) is 0.623. The standard InChI is InChI=1S/C12H9FO4/c1-17-11(14)4-2-3-8-7-9(13)5-6-10(8)12(15)16/h5-7H,4H2,1H3,(H,15,16). The third-order valence-corrected chi connectivity index (χ3v) is 1.90. The van der Waals surface area contributed by atoms with Crippen LogP contribution in [-0.4, -0.2) is 24.2 Å². The molecule has 1 rings (SSSR count). The van der Waals surface area contributed by atoms with Gasteiger partial charge in [0.2, 0.25) is 0 Å². The van der Waals surface area contributed by atoms with Crippen LogP contribution in [0.3, 0.4) is 0 Å². The van der Waals surface area contributed by atoms with Crippen molar-refractivity contribution in [2.75, 3.05) is 7.11 Å². The lowest BCUT2D eigenvalue weighted by atomic mass is 10.1. The fraction of sp³-hybridized carbons (Fsp3) is 0.167. The molecule has 0 bridgehead atoms. The van der Waals surface area contributed by atoms with Gasteiger partial charge in [-0.3, -0.25) is 4.79 Å². The van der Waals surface area contributed by atoms with Gasteiger partial charge in [-0.1, -0.05) is 11.8 Å². The SMILES string of the molecule is COC(=O)CC#Cc1cc(F)ccc1C(=O)O. The van der Waals surface area contributed by atoms with Crippen molar-refractivity contribution in [2.24, 2.45) is 0 Å². The lowest BCUT2D eigenvalue weighted by Crippen LogP contribution is -2.01. The fourth-order valence-corrected chi connectivity index (χ4v) is 1.09. The van der Waals surface area contributed by atoms with E-state index in [-0.39, 0.29) is 17.5 Å². The van der Waals surface area contributed by atoms with Crippen LogP contribution in [0.1, 0.15) is 22.3 Å². The number of halogens is 1. The monoisotopic (exact) mass is 236 g/mol.